The van der Waals surface area contributed by atoms with Gasteiger partial charge in [0.25, 0.3) is 11.8 Å². The molecule has 0 radical (unpaired) electrons. The summed E-state index contributed by atoms with van der Waals surface area (Å²) in [5.41, 5.74) is 1.59. The monoisotopic (exact) mass is 494 g/mol. The summed E-state index contributed by atoms with van der Waals surface area (Å²) in [4.78, 5) is 39.4. The summed E-state index contributed by atoms with van der Waals surface area (Å²) in [5, 5.41) is 3.33. The second-order valence-electron chi connectivity index (χ2n) is 6.55. The molecule has 0 bridgehead atoms. The number of hydrogen-bond donors (Lipinski definition) is 1. The van der Waals surface area contributed by atoms with Gasteiger partial charge in [-0.25, -0.2) is 4.79 Å². The van der Waals surface area contributed by atoms with Gasteiger partial charge in [0.05, 0.1) is 6.61 Å². The summed E-state index contributed by atoms with van der Waals surface area (Å²) < 4.78 is 5.97. The highest BCUT2D eigenvalue weighted by Gasteiger charge is 2.61. The van der Waals surface area contributed by atoms with Gasteiger partial charge in [-0.2, -0.15) is 0 Å². The van der Waals surface area contributed by atoms with Crippen LogP contribution >= 0.6 is 39.3 Å². The van der Waals surface area contributed by atoms with E-state index in [2.05, 4.69) is 21.2 Å². The Morgan fingerprint density at radius 1 is 1.31 bits per heavy atom. The second-order valence-corrected chi connectivity index (χ2v) is 9.11. The molecule has 4 rings (SSSR count). The smallest absolute Gasteiger partial charge is 0.329 e. The molecule has 1 N–H and O–H groups in total. The highest BCUT2D eigenvalue weighted by molar-refractivity contribution is 9.10. The summed E-state index contributed by atoms with van der Waals surface area (Å²) in [6.45, 7) is 1.89. The molecule has 2 aromatic carbocycles. The maximum absolute atomic E-state index is 13.5. The van der Waals surface area contributed by atoms with Crippen LogP contribution in [0.3, 0.4) is 0 Å². The first-order chi connectivity index (χ1) is 13.9. The Balaban J connectivity index is 1.86. The molecule has 1 fully saturated rings. The fourth-order valence-corrected chi connectivity index (χ4v) is 5.64. The van der Waals surface area contributed by atoms with E-state index < -0.39 is 22.8 Å². The molecule has 2 amide bonds. The molecule has 0 unspecified atom stereocenters. The van der Waals surface area contributed by atoms with Crippen molar-refractivity contribution in [2.75, 3.05) is 17.7 Å². The van der Waals surface area contributed by atoms with E-state index in [1.807, 2.05) is 6.07 Å². The van der Waals surface area contributed by atoms with Gasteiger partial charge in [-0.3, -0.25) is 14.5 Å². The number of carbonyl (C=O) groups is 3. The van der Waals surface area contributed by atoms with Gasteiger partial charge in [-0.05, 0) is 49.4 Å². The summed E-state index contributed by atoms with van der Waals surface area (Å²) in [6.07, 6.45) is 0. The van der Waals surface area contributed by atoms with Crippen molar-refractivity contribution in [1.29, 1.82) is 0 Å². The topological polar surface area (TPSA) is 75.7 Å². The average Bonchev–Trinajstić information content (AvgIpc) is 3.22. The first-order valence-electron chi connectivity index (χ1n) is 8.89. The van der Waals surface area contributed by atoms with Gasteiger partial charge in [0, 0.05) is 32.1 Å². The maximum atomic E-state index is 13.5. The van der Waals surface area contributed by atoms with Crippen LogP contribution in [0.15, 0.2) is 46.9 Å². The molecule has 1 saturated heterocycles. The minimum absolute atomic E-state index is 0.185. The number of nitrogens with zero attached hydrogens (tertiary/aromatic N) is 1. The third kappa shape index (κ3) is 3.23. The van der Waals surface area contributed by atoms with Crippen LogP contribution in [0.25, 0.3) is 0 Å². The van der Waals surface area contributed by atoms with Crippen LogP contribution in [0, 0.1) is 0 Å². The number of ether oxygens (including phenoxy) is 1. The van der Waals surface area contributed by atoms with Crippen LogP contribution in [0.5, 0.6) is 0 Å². The zero-order chi connectivity index (χ0) is 20.8. The lowest BCUT2D eigenvalue weighted by Crippen LogP contribution is -2.54. The Labute approximate surface area is 185 Å². The van der Waals surface area contributed by atoms with Crippen LogP contribution in [0.4, 0.5) is 5.69 Å². The number of thioether (sulfide) groups is 1. The van der Waals surface area contributed by atoms with E-state index in [0.717, 1.165) is 4.47 Å². The van der Waals surface area contributed by atoms with E-state index >= 15 is 0 Å². The second kappa shape index (κ2) is 7.66. The minimum atomic E-state index is -1.35. The van der Waals surface area contributed by atoms with Gasteiger partial charge >= 0.3 is 5.97 Å². The SMILES string of the molecule is CCOC(=O)[C@@H]1CS[C@@]2(C(=O)Nc3ccc(Br)cc32)N1C(=O)c1ccc(Cl)cc1. The van der Waals surface area contributed by atoms with E-state index in [0.29, 0.717) is 21.8 Å². The molecule has 150 valence electrons. The third-order valence-corrected chi connectivity index (χ3v) is 7.12. The van der Waals surface area contributed by atoms with Gasteiger partial charge < -0.3 is 10.1 Å². The standard InChI is InChI=1S/C20H16BrClN2O4S/c1-2-28-18(26)16-10-29-20(14-9-12(21)5-8-15(14)23-19(20)27)24(16)17(25)11-3-6-13(22)7-4-11/h3-9,16H,2,10H2,1H3,(H,23,27)/t16-,20-/m0/s1. The van der Waals surface area contributed by atoms with Gasteiger partial charge in [-0.1, -0.05) is 27.5 Å². The molecule has 2 atom stereocenters. The number of anilines is 1. The maximum Gasteiger partial charge on any atom is 0.329 e. The summed E-state index contributed by atoms with van der Waals surface area (Å²) in [5.74, 6) is -1.08. The number of rotatable bonds is 3. The van der Waals surface area contributed by atoms with E-state index in [9.17, 15) is 14.4 Å². The third-order valence-electron chi connectivity index (χ3n) is 4.87. The number of halogens is 2. The number of fused-ring (bicyclic) bond motifs is 2. The number of hydrogen-bond acceptors (Lipinski definition) is 5. The van der Waals surface area contributed by atoms with E-state index in [1.54, 1.807) is 43.3 Å². The quantitative estimate of drug-likeness (QED) is 0.651. The Hall–Kier alpha value is -2.03. The molecule has 2 aromatic rings. The Morgan fingerprint density at radius 3 is 2.72 bits per heavy atom. The van der Waals surface area contributed by atoms with Gasteiger partial charge in [-0.15, -0.1) is 11.8 Å². The molecular formula is C20H16BrClN2O4S. The molecule has 6 nitrogen and oxygen atoms in total. The fraction of sp³-hybridized carbons (Fsp3) is 0.250. The molecule has 9 heteroatoms. The predicted octanol–water partition coefficient (Wildman–Crippen LogP) is 4.03. The highest BCUT2D eigenvalue weighted by Crippen LogP contribution is 2.54. The zero-order valence-corrected chi connectivity index (χ0v) is 18.4. The lowest BCUT2D eigenvalue weighted by Gasteiger charge is -2.35. The average molecular weight is 496 g/mol. The molecular weight excluding hydrogens is 480 g/mol. The summed E-state index contributed by atoms with van der Waals surface area (Å²) in [7, 11) is 0. The molecule has 2 aliphatic heterocycles. The highest BCUT2D eigenvalue weighted by atomic mass is 79.9. The zero-order valence-electron chi connectivity index (χ0n) is 15.3. The lowest BCUT2D eigenvalue weighted by atomic mass is 10.0. The number of nitrogens with one attached hydrogen (secondary N) is 1. The summed E-state index contributed by atoms with van der Waals surface area (Å²) >= 11 is 10.6. The van der Waals surface area contributed by atoms with Gasteiger partial charge in [0.1, 0.15) is 6.04 Å². The van der Waals surface area contributed by atoms with Gasteiger partial charge in [0.2, 0.25) is 0 Å². The number of carbonyl (C=O) groups excluding carboxylic acids is 3. The molecule has 1 spiro atoms. The van der Waals surface area contributed by atoms with Crippen LogP contribution in [0.2, 0.25) is 5.02 Å². The van der Waals surface area contributed by atoms with Crippen LogP contribution in [-0.2, 0) is 19.2 Å². The van der Waals surface area contributed by atoms with Crippen LogP contribution in [-0.4, -0.2) is 41.1 Å². The van der Waals surface area contributed by atoms with Crippen molar-refractivity contribution in [3.63, 3.8) is 0 Å². The molecule has 0 aromatic heterocycles. The fourth-order valence-electron chi connectivity index (χ4n) is 3.61. The van der Waals surface area contributed by atoms with Crippen molar-refractivity contribution < 1.29 is 19.1 Å². The number of amides is 2. The molecule has 2 aliphatic rings. The lowest BCUT2D eigenvalue weighted by molar-refractivity contribution is -0.148. The van der Waals surface area contributed by atoms with E-state index in [-0.39, 0.29) is 18.3 Å². The number of esters is 1. The van der Waals surface area contributed by atoms with Gasteiger partial charge in [0.15, 0.2) is 4.87 Å². The number of benzene rings is 2. The van der Waals surface area contributed by atoms with Crippen molar-refractivity contribution in [1.82, 2.24) is 4.90 Å². The van der Waals surface area contributed by atoms with Crippen molar-refractivity contribution in [2.24, 2.45) is 0 Å². The van der Waals surface area contributed by atoms with Crippen LogP contribution < -0.4 is 5.32 Å². The Morgan fingerprint density at radius 2 is 2.03 bits per heavy atom. The largest absolute Gasteiger partial charge is 0.464 e. The molecule has 0 aliphatic carbocycles. The molecule has 29 heavy (non-hydrogen) atoms. The van der Waals surface area contributed by atoms with E-state index in [4.69, 9.17) is 16.3 Å². The van der Waals surface area contributed by atoms with Crippen molar-refractivity contribution in [3.05, 3.63) is 63.1 Å². The first-order valence-corrected chi connectivity index (χ1v) is 11.1. The molecule has 2 heterocycles. The Kier molecular flexibility index (Phi) is 5.35. The van der Waals surface area contributed by atoms with Crippen molar-refractivity contribution in [2.45, 2.75) is 17.8 Å². The first kappa shape index (κ1) is 20.3. The van der Waals surface area contributed by atoms with Crippen molar-refractivity contribution in [3.8, 4) is 0 Å². The van der Waals surface area contributed by atoms with E-state index in [1.165, 1.54) is 16.7 Å². The molecule has 0 saturated carbocycles. The predicted molar refractivity (Wildman–Crippen MR) is 115 cm³/mol. The normalized spacial score (nSPS) is 22.5. The van der Waals surface area contributed by atoms with Crippen molar-refractivity contribution >= 4 is 62.8 Å². The minimum Gasteiger partial charge on any atom is -0.464 e. The summed E-state index contributed by atoms with van der Waals surface area (Å²) in [6, 6.07) is 10.9. The Bertz CT molecular complexity index is 1020. The van der Waals surface area contributed by atoms with Crippen LogP contribution in [0.1, 0.15) is 22.8 Å².